The first-order valence-corrected chi connectivity index (χ1v) is 8.69. The highest BCUT2D eigenvalue weighted by Gasteiger charge is 2.36. The molecule has 0 aliphatic heterocycles. The summed E-state index contributed by atoms with van der Waals surface area (Å²) in [7, 11) is 0. The summed E-state index contributed by atoms with van der Waals surface area (Å²) >= 11 is 0. The van der Waals surface area contributed by atoms with E-state index in [2.05, 4.69) is 67.3 Å². The van der Waals surface area contributed by atoms with E-state index < -0.39 is 0 Å². The molecule has 0 unspecified atom stereocenters. The fraction of sp³-hybridized carbons (Fsp3) is 0.842. The fourth-order valence-corrected chi connectivity index (χ4v) is 2.56. The van der Waals surface area contributed by atoms with E-state index in [9.17, 15) is 0 Å². The average Bonchev–Trinajstić information content (AvgIpc) is 2.93. The molecular formula is C19H36N2. The highest BCUT2D eigenvalue weighted by Crippen LogP contribution is 2.40. The van der Waals surface area contributed by atoms with E-state index in [0.717, 1.165) is 31.5 Å². The standard InChI is InChI=1S/C19H36N2/c1-10-17(5,6)14-15(19(9,12-3)13-4)21-16(20-14)18(7,8)11-2/h10-13H2,1-9H3,(H,20,21). The maximum atomic E-state index is 5.10. The molecule has 1 rings (SSSR count). The van der Waals surface area contributed by atoms with E-state index in [-0.39, 0.29) is 16.2 Å². The molecule has 1 N–H and O–H groups in total. The van der Waals surface area contributed by atoms with Crippen LogP contribution in [0.2, 0.25) is 0 Å². The number of rotatable bonds is 7. The normalized spacial score (nSPS) is 13.8. The minimum atomic E-state index is 0.110. The number of H-pyrrole nitrogens is 1. The van der Waals surface area contributed by atoms with Crippen LogP contribution in [0.3, 0.4) is 0 Å². The second kappa shape index (κ2) is 6.14. The largest absolute Gasteiger partial charge is 0.345 e. The van der Waals surface area contributed by atoms with Crippen molar-refractivity contribution in [3.05, 3.63) is 17.2 Å². The molecule has 0 saturated carbocycles. The molecule has 0 spiro atoms. The zero-order chi connectivity index (χ0) is 16.5. The highest BCUT2D eigenvalue weighted by atomic mass is 15.0. The van der Waals surface area contributed by atoms with Crippen molar-refractivity contribution in [3.63, 3.8) is 0 Å². The predicted octanol–water partition coefficient (Wildman–Crippen LogP) is 5.86. The van der Waals surface area contributed by atoms with Crippen molar-refractivity contribution in [1.29, 1.82) is 0 Å². The van der Waals surface area contributed by atoms with Gasteiger partial charge in [-0.2, -0.15) is 0 Å². The molecule has 21 heavy (non-hydrogen) atoms. The van der Waals surface area contributed by atoms with Crippen molar-refractivity contribution in [2.75, 3.05) is 0 Å². The van der Waals surface area contributed by atoms with E-state index in [4.69, 9.17) is 4.98 Å². The minimum Gasteiger partial charge on any atom is -0.345 e. The molecule has 122 valence electrons. The van der Waals surface area contributed by atoms with Gasteiger partial charge in [0.05, 0.1) is 5.69 Å². The summed E-state index contributed by atoms with van der Waals surface area (Å²) in [5, 5.41) is 0. The Morgan fingerprint density at radius 2 is 1.24 bits per heavy atom. The van der Waals surface area contributed by atoms with Crippen LogP contribution >= 0.6 is 0 Å². The average molecular weight is 293 g/mol. The molecule has 0 radical (unpaired) electrons. The number of aromatic amines is 1. The molecule has 0 aromatic carbocycles. The molecule has 1 aromatic rings. The summed E-state index contributed by atoms with van der Waals surface area (Å²) in [4.78, 5) is 8.85. The Labute approximate surface area is 132 Å². The quantitative estimate of drug-likeness (QED) is 0.669. The van der Waals surface area contributed by atoms with Gasteiger partial charge in [-0.25, -0.2) is 4.98 Å². The SMILES string of the molecule is CCC(C)(C)c1nc(C(C)(C)CC)c(C(C)(CC)CC)[nH]1. The number of hydrogen-bond acceptors (Lipinski definition) is 1. The first-order valence-electron chi connectivity index (χ1n) is 8.69. The van der Waals surface area contributed by atoms with Crippen LogP contribution in [0.25, 0.3) is 0 Å². The summed E-state index contributed by atoms with van der Waals surface area (Å²) in [6.07, 6.45) is 4.50. The molecule has 0 saturated heterocycles. The molecule has 0 bridgehead atoms. The van der Waals surface area contributed by atoms with Crippen molar-refractivity contribution < 1.29 is 0 Å². The molecule has 1 heterocycles. The predicted molar refractivity (Wildman–Crippen MR) is 93.2 cm³/mol. The lowest BCUT2D eigenvalue weighted by atomic mass is 9.75. The van der Waals surface area contributed by atoms with Crippen molar-refractivity contribution in [1.82, 2.24) is 9.97 Å². The van der Waals surface area contributed by atoms with Gasteiger partial charge in [-0.3, -0.25) is 0 Å². The second-order valence-electron chi connectivity index (χ2n) is 8.05. The summed E-state index contributed by atoms with van der Waals surface area (Å²) in [6.45, 7) is 20.7. The smallest absolute Gasteiger partial charge is 0.112 e. The van der Waals surface area contributed by atoms with E-state index in [1.807, 2.05) is 0 Å². The van der Waals surface area contributed by atoms with E-state index in [0.29, 0.717) is 0 Å². The lowest BCUT2D eigenvalue weighted by molar-refractivity contribution is 0.401. The Bertz CT molecular complexity index is 462. The monoisotopic (exact) mass is 292 g/mol. The van der Waals surface area contributed by atoms with Crippen LogP contribution in [-0.2, 0) is 16.2 Å². The third kappa shape index (κ3) is 3.35. The van der Waals surface area contributed by atoms with Gasteiger partial charge < -0.3 is 4.98 Å². The van der Waals surface area contributed by atoms with E-state index in [1.165, 1.54) is 11.4 Å². The second-order valence-corrected chi connectivity index (χ2v) is 8.05. The molecule has 0 atom stereocenters. The zero-order valence-electron chi connectivity index (χ0n) is 15.8. The van der Waals surface area contributed by atoms with Crippen LogP contribution in [0, 0.1) is 0 Å². The maximum absolute atomic E-state index is 5.10. The van der Waals surface area contributed by atoms with Crippen LogP contribution in [0.4, 0.5) is 0 Å². The minimum absolute atomic E-state index is 0.110. The topological polar surface area (TPSA) is 28.7 Å². The lowest BCUT2D eigenvalue weighted by Gasteiger charge is -2.31. The Morgan fingerprint density at radius 3 is 1.62 bits per heavy atom. The number of nitrogens with one attached hydrogen (secondary N) is 1. The molecule has 2 nitrogen and oxygen atoms in total. The van der Waals surface area contributed by atoms with Gasteiger partial charge in [0, 0.05) is 21.9 Å². The van der Waals surface area contributed by atoms with Gasteiger partial charge >= 0.3 is 0 Å². The molecule has 0 aliphatic rings. The van der Waals surface area contributed by atoms with Crippen LogP contribution in [-0.4, -0.2) is 9.97 Å². The van der Waals surface area contributed by atoms with Crippen molar-refractivity contribution in [2.24, 2.45) is 0 Å². The third-order valence-electron chi connectivity index (χ3n) is 5.92. The number of nitrogens with zero attached hydrogens (tertiary/aromatic N) is 1. The van der Waals surface area contributed by atoms with Gasteiger partial charge in [0.2, 0.25) is 0 Å². The van der Waals surface area contributed by atoms with Gasteiger partial charge in [0.1, 0.15) is 5.82 Å². The third-order valence-corrected chi connectivity index (χ3v) is 5.92. The number of imidazole rings is 1. The Kier molecular flexibility index (Phi) is 5.34. The first-order chi connectivity index (χ1) is 9.57. The van der Waals surface area contributed by atoms with Crippen molar-refractivity contribution in [3.8, 4) is 0 Å². The van der Waals surface area contributed by atoms with Gasteiger partial charge in [-0.05, 0) is 25.7 Å². The Balaban J connectivity index is 3.54. The first kappa shape index (κ1) is 18.3. The summed E-state index contributed by atoms with van der Waals surface area (Å²) < 4.78 is 0. The van der Waals surface area contributed by atoms with Crippen LogP contribution in [0.5, 0.6) is 0 Å². The van der Waals surface area contributed by atoms with Crippen molar-refractivity contribution in [2.45, 2.75) is 104 Å². The van der Waals surface area contributed by atoms with Gasteiger partial charge in [0.25, 0.3) is 0 Å². The zero-order valence-corrected chi connectivity index (χ0v) is 15.8. The van der Waals surface area contributed by atoms with Crippen LogP contribution in [0.15, 0.2) is 0 Å². The Hall–Kier alpha value is -0.790. The van der Waals surface area contributed by atoms with Crippen LogP contribution < -0.4 is 0 Å². The molecule has 0 aliphatic carbocycles. The molecule has 0 fully saturated rings. The molecule has 1 aromatic heterocycles. The van der Waals surface area contributed by atoms with Gasteiger partial charge in [0.15, 0.2) is 0 Å². The van der Waals surface area contributed by atoms with E-state index in [1.54, 1.807) is 0 Å². The number of aromatic nitrogens is 2. The van der Waals surface area contributed by atoms with Crippen LogP contribution in [0.1, 0.15) is 105 Å². The summed E-state index contributed by atoms with van der Waals surface area (Å²) in [5.41, 5.74) is 3.08. The molecular weight excluding hydrogens is 256 g/mol. The summed E-state index contributed by atoms with van der Waals surface area (Å²) in [5.74, 6) is 1.16. The fourth-order valence-electron chi connectivity index (χ4n) is 2.56. The van der Waals surface area contributed by atoms with E-state index >= 15 is 0 Å². The lowest BCUT2D eigenvalue weighted by Crippen LogP contribution is -2.27. The molecule has 0 amide bonds. The van der Waals surface area contributed by atoms with Gasteiger partial charge in [-0.1, -0.05) is 62.3 Å². The Morgan fingerprint density at radius 1 is 0.762 bits per heavy atom. The highest BCUT2D eigenvalue weighted by molar-refractivity contribution is 5.31. The maximum Gasteiger partial charge on any atom is 0.112 e. The number of hydrogen-bond donors (Lipinski definition) is 1. The van der Waals surface area contributed by atoms with Gasteiger partial charge in [-0.15, -0.1) is 0 Å². The summed E-state index contributed by atoms with van der Waals surface area (Å²) in [6, 6.07) is 0. The molecule has 2 heteroatoms. The van der Waals surface area contributed by atoms with Crippen molar-refractivity contribution >= 4 is 0 Å².